The summed E-state index contributed by atoms with van der Waals surface area (Å²) < 4.78 is 13.5. The maximum Gasteiger partial charge on any atom is 0.230 e. The number of ether oxygens (including phenoxy) is 2. The molecule has 2 aromatic rings. The summed E-state index contributed by atoms with van der Waals surface area (Å²) in [4.78, 5) is 4.97. The standard InChI is InChI=1S/C22H28N3O2/c1-23-10-6-5-9-20(23)22(25-13-17-27-18-14-25)21(19-7-3-2-4-8-19)24-11-15-26-16-12-24/h2-10H,11-18H2,1H3/q+1. The highest BCUT2D eigenvalue weighted by atomic mass is 16.5. The van der Waals surface area contributed by atoms with Gasteiger partial charge in [0.25, 0.3) is 0 Å². The van der Waals surface area contributed by atoms with Crippen molar-refractivity contribution in [1.82, 2.24) is 9.80 Å². The summed E-state index contributed by atoms with van der Waals surface area (Å²) in [5.41, 5.74) is 5.06. The summed E-state index contributed by atoms with van der Waals surface area (Å²) in [7, 11) is 2.12. The number of hydrogen-bond donors (Lipinski definition) is 0. The zero-order chi connectivity index (χ0) is 18.5. The van der Waals surface area contributed by atoms with Crippen molar-refractivity contribution in [2.45, 2.75) is 0 Å². The molecule has 0 spiro atoms. The van der Waals surface area contributed by atoms with Gasteiger partial charge >= 0.3 is 0 Å². The van der Waals surface area contributed by atoms with Gasteiger partial charge < -0.3 is 19.3 Å². The van der Waals surface area contributed by atoms with Crippen molar-refractivity contribution >= 4 is 11.4 Å². The minimum atomic E-state index is 0.769. The van der Waals surface area contributed by atoms with Crippen LogP contribution in [0.25, 0.3) is 11.4 Å². The lowest BCUT2D eigenvalue weighted by molar-refractivity contribution is -0.674. The fraction of sp³-hybridized carbons (Fsp3) is 0.409. The normalized spacial score (nSPS) is 19.0. The molecule has 2 aliphatic heterocycles. The van der Waals surface area contributed by atoms with Crippen LogP contribution in [0.1, 0.15) is 11.3 Å². The molecule has 5 nitrogen and oxygen atoms in total. The van der Waals surface area contributed by atoms with Crippen molar-refractivity contribution < 1.29 is 14.0 Å². The number of pyridine rings is 1. The molecule has 0 aliphatic carbocycles. The van der Waals surface area contributed by atoms with Crippen LogP contribution in [0.5, 0.6) is 0 Å². The maximum absolute atomic E-state index is 5.64. The van der Waals surface area contributed by atoms with E-state index in [4.69, 9.17) is 9.47 Å². The molecular formula is C22H28N3O2+. The van der Waals surface area contributed by atoms with Gasteiger partial charge in [0, 0.05) is 43.9 Å². The van der Waals surface area contributed by atoms with E-state index in [0.29, 0.717) is 0 Å². The van der Waals surface area contributed by atoms with E-state index in [9.17, 15) is 0 Å². The average Bonchev–Trinajstić information content (AvgIpc) is 2.74. The van der Waals surface area contributed by atoms with Gasteiger partial charge in [0.15, 0.2) is 6.20 Å². The van der Waals surface area contributed by atoms with E-state index in [1.807, 2.05) is 0 Å². The molecule has 0 saturated carbocycles. The summed E-state index contributed by atoms with van der Waals surface area (Å²) in [6.45, 7) is 6.72. The van der Waals surface area contributed by atoms with E-state index in [-0.39, 0.29) is 0 Å². The molecule has 1 aromatic carbocycles. The summed E-state index contributed by atoms with van der Waals surface area (Å²) in [5, 5.41) is 0. The number of rotatable bonds is 4. The number of morpholine rings is 2. The third-order valence-electron chi connectivity index (χ3n) is 5.22. The van der Waals surface area contributed by atoms with Crippen LogP contribution in [0.4, 0.5) is 0 Å². The summed E-state index contributed by atoms with van der Waals surface area (Å²) in [6.07, 6.45) is 2.12. The van der Waals surface area contributed by atoms with Crippen LogP contribution in [0.2, 0.25) is 0 Å². The molecule has 0 unspecified atom stereocenters. The Hall–Kier alpha value is -2.37. The fourth-order valence-electron chi connectivity index (χ4n) is 3.84. The summed E-state index contributed by atoms with van der Waals surface area (Å²) in [5.74, 6) is 0. The Morgan fingerprint density at radius 3 is 1.89 bits per heavy atom. The zero-order valence-corrected chi connectivity index (χ0v) is 16.0. The first-order valence-corrected chi connectivity index (χ1v) is 9.75. The van der Waals surface area contributed by atoms with E-state index < -0.39 is 0 Å². The first-order valence-electron chi connectivity index (χ1n) is 9.75. The molecule has 1 aromatic heterocycles. The number of benzene rings is 1. The van der Waals surface area contributed by atoms with Crippen molar-refractivity contribution in [3.63, 3.8) is 0 Å². The van der Waals surface area contributed by atoms with E-state index in [2.05, 4.69) is 76.1 Å². The van der Waals surface area contributed by atoms with Gasteiger partial charge in [-0.1, -0.05) is 30.3 Å². The highest BCUT2D eigenvalue weighted by molar-refractivity contribution is 5.87. The van der Waals surface area contributed by atoms with Gasteiger partial charge in [0.2, 0.25) is 5.69 Å². The van der Waals surface area contributed by atoms with Crippen LogP contribution in [0.3, 0.4) is 0 Å². The number of hydrogen-bond acceptors (Lipinski definition) is 4. The Kier molecular flexibility index (Phi) is 5.70. The summed E-state index contributed by atoms with van der Waals surface area (Å²) >= 11 is 0. The van der Waals surface area contributed by atoms with Crippen molar-refractivity contribution in [3.8, 4) is 0 Å². The van der Waals surface area contributed by atoms with Crippen LogP contribution in [0.15, 0.2) is 54.7 Å². The van der Waals surface area contributed by atoms with E-state index in [1.54, 1.807) is 0 Å². The molecule has 27 heavy (non-hydrogen) atoms. The molecule has 0 N–H and O–H groups in total. The number of nitrogens with zero attached hydrogens (tertiary/aromatic N) is 3. The van der Waals surface area contributed by atoms with Gasteiger partial charge in [-0.3, -0.25) is 0 Å². The average molecular weight is 366 g/mol. The predicted octanol–water partition coefficient (Wildman–Crippen LogP) is 2.00. The molecule has 5 heteroatoms. The van der Waals surface area contributed by atoms with Crippen LogP contribution in [0, 0.1) is 0 Å². The van der Waals surface area contributed by atoms with E-state index in [1.165, 1.54) is 22.7 Å². The lowest BCUT2D eigenvalue weighted by Gasteiger charge is -2.37. The Bertz CT molecular complexity index is 779. The lowest BCUT2D eigenvalue weighted by Crippen LogP contribution is -2.43. The summed E-state index contributed by atoms with van der Waals surface area (Å²) in [6, 6.07) is 17.2. The van der Waals surface area contributed by atoms with Gasteiger partial charge in [-0.05, 0) is 6.07 Å². The highest BCUT2D eigenvalue weighted by Gasteiger charge is 2.29. The molecule has 142 valence electrons. The molecule has 0 amide bonds. The zero-order valence-electron chi connectivity index (χ0n) is 16.0. The topological polar surface area (TPSA) is 28.8 Å². The van der Waals surface area contributed by atoms with Crippen molar-refractivity contribution in [2.75, 3.05) is 52.6 Å². The Balaban J connectivity index is 1.92. The minimum Gasteiger partial charge on any atom is -0.378 e. The number of aryl methyl sites for hydroxylation is 1. The molecule has 2 saturated heterocycles. The van der Waals surface area contributed by atoms with Crippen LogP contribution in [-0.2, 0) is 16.5 Å². The Morgan fingerprint density at radius 2 is 1.30 bits per heavy atom. The second kappa shape index (κ2) is 8.55. The SMILES string of the molecule is C[n+]1ccccc1/C(=C(/c1ccccc1)N1CCOCC1)N1CCOCC1. The first kappa shape index (κ1) is 18.0. The van der Waals surface area contributed by atoms with E-state index >= 15 is 0 Å². The van der Waals surface area contributed by atoms with Gasteiger partial charge in [-0.2, -0.15) is 4.57 Å². The first-order chi connectivity index (χ1) is 13.3. The lowest BCUT2D eigenvalue weighted by atomic mass is 10.0. The molecule has 4 rings (SSSR count). The monoisotopic (exact) mass is 366 g/mol. The van der Waals surface area contributed by atoms with Crippen molar-refractivity contribution in [1.29, 1.82) is 0 Å². The van der Waals surface area contributed by atoms with Gasteiger partial charge in [0.05, 0.1) is 32.1 Å². The Labute approximate surface area is 161 Å². The van der Waals surface area contributed by atoms with E-state index in [0.717, 1.165) is 52.6 Å². The van der Waals surface area contributed by atoms with Crippen LogP contribution < -0.4 is 4.57 Å². The largest absolute Gasteiger partial charge is 0.378 e. The van der Waals surface area contributed by atoms with Gasteiger partial charge in [-0.15, -0.1) is 0 Å². The molecule has 0 bridgehead atoms. The second-order valence-corrected chi connectivity index (χ2v) is 6.96. The van der Waals surface area contributed by atoms with Gasteiger partial charge in [0.1, 0.15) is 12.7 Å². The van der Waals surface area contributed by atoms with Gasteiger partial charge in [-0.25, -0.2) is 0 Å². The molecule has 0 atom stereocenters. The molecule has 0 radical (unpaired) electrons. The molecule has 3 heterocycles. The van der Waals surface area contributed by atoms with Crippen molar-refractivity contribution in [2.24, 2.45) is 7.05 Å². The Morgan fingerprint density at radius 1 is 0.741 bits per heavy atom. The minimum absolute atomic E-state index is 0.769. The smallest absolute Gasteiger partial charge is 0.230 e. The predicted molar refractivity (Wildman–Crippen MR) is 106 cm³/mol. The van der Waals surface area contributed by atoms with Crippen LogP contribution >= 0.6 is 0 Å². The molecular weight excluding hydrogens is 338 g/mol. The van der Waals surface area contributed by atoms with Crippen molar-refractivity contribution in [3.05, 3.63) is 66.0 Å². The quantitative estimate of drug-likeness (QED) is 0.774. The second-order valence-electron chi connectivity index (χ2n) is 6.96. The third-order valence-corrected chi connectivity index (χ3v) is 5.22. The molecule has 2 fully saturated rings. The highest BCUT2D eigenvalue weighted by Crippen LogP contribution is 2.32. The number of aromatic nitrogens is 1. The third kappa shape index (κ3) is 3.99. The van der Waals surface area contributed by atoms with Crippen LogP contribution in [-0.4, -0.2) is 62.4 Å². The fourth-order valence-corrected chi connectivity index (χ4v) is 3.84. The maximum atomic E-state index is 5.64. The molecule has 2 aliphatic rings.